The van der Waals surface area contributed by atoms with Gasteiger partial charge in [0.25, 0.3) is 0 Å². The highest BCUT2D eigenvalue weighted by Gasteiger charge is 2.17. The van der Waals surface area contributed by atoms with Gasteiger partial charge in [-0.15, -0.1) is 0 Å². The molecule has 2 rings (SSSR count). The van der Waals surface area contributed by atoms with E-state index < -0.39 is 5.91 Å². The van der Waals surface area contributed by atoms with Crippen LogP contribution in [0.3, 0.4) is 0 Å². The second kappa shape index (κ2) is 10.1. The van der Waals surface area contributed by atoms with Gasteiger partial charge in [-0.3, -0.25) is 14.4 Å². The molecular formula is C20H21Cl2N3O3. The maximum absolute atomic E-state index is 12.6. The van der Waals surface area contributed by atoms with E-state index in [2.05, 4.69) is 5.32 Å². The van der Waals surface area contributed by atoms with Crippen molar-refractivity contribution in [3.8, 4) is 0 Å². The number of likely N-dealkylation sites (N-methyl/N-ethyl adjacent to an activating group) is 1. The summed E-state index contributed by atoms with van der Waals surface area (Å²) in [6.45, 7) is 2.57. The van der Waals surface area contributed by atoms with Crippen LogP contribution in [0.15, 0.2) is 42.5 Å². The zero-order chi connectivity index (χ0) is 20.7. The Kier molecular flexibility index (Phi) is 7.84. The van der Waals surface area contributed by atoms with Gasteiger partial charge in [0.2, 0.25) is 17.7 Å². The van der Waals surface area contributed by atoms with Crippen LogP contribution in [0.4, 0.5) is 5.69 Å². The van der Waals surface area contributed by atoms with E-state index in [0.29, 0.717) is 33.4 Å². The SMILES string of the molecule is CCN(CCC(=O)Nc1ccc(C(N)=O)cc1)C(=O)Cc1c(Cl)cccc1Cl. The van der Waals surface area contributed by atoms with Crippen molar-refractivity contribution in [2.75, 3.05) is 18.4 Å². The number of hydrogen-bond acceptors (Lipinski definition) is 3. The number of primary amides is 1. The van der Waals surface area contributed by atoms with E-state index in [1.54, 1.807) is 35.2 Å². The molecular weight excluding hydrogens is 401 g/mol. The number of carbonyl (C=O) groups excluding carboxylic acids is 3. The molecule has 0 atom stereocenters. The van der Waals surface area contributed by atoms with E-state index >= 15 is 0 Å². The van der Waals surface area contributed by atoms with Gasteiger partial charge in [0, 0.05) is 40.8 Å². The Hall–Kier alpha value is -2.57. The smallest absolute Gasteiger partial charge is 0.248 e. The Morgan fingerprint density at radius 1 is 1.04 bits per heavy atom. The second-order valence-corrected chi connectivity index (χ2v) is 6.90. The minimum Gasteiger partial charge on any atom is -0.366 e. The average molecular weight is 422 g/mol. The molecule has 3 amide bonds. The molecule has 0 aromatic heterocycles. The summed E-state index contributed by atoms with van der Waals surface area (Å²) in [5, 5.41) is 3.60. The second-order valence-electron chi connectivity index (χ2n) is 6.09. The van der Waals surface area contributed by atoms with Crippen molar-refractivity contribution in [3.05, 3.63) is 63.6 Å². The largest absolute Gasteiger partial charge is 0.366 e. The van der Waals surface area contributed by atoms with Crippen molar-refractivity contribution in [1.29, 1.82) is 0 Å². The molecule has 0 aliphatic rings. The van der Waals surface area contributed by atoms with E-state index in [4.69, 9.17) is 28.9 Å². The third-order valence-electron chi connectivity index (χ3n) is 4.19. The van der Waals surface area contributed by atoms with E-state index in [1.807, 2.05) is 6.92 Å². The van der Waals surface area contributed by atoms with Crippen LogP contribution < -0.4 is 11.1 Å². The first-order chi connectivity index (χ1) is 13.3. The number of amides is 3. The van der Waals surface area contributed by atoms with Crippen LogP contribution in [0.5, 0.6) is 0 Å². The van der Waals surface area contributed by atoms with Gasteiger partial charge < -0.3 is 16.0 Å². The van der Waals surface area contributed by atoms with Crippen LogP contribution in [-0.4, -0.2) is 35.7 Å². The molecule has 0 heterocycles. The molecule has 2 aromatic carbocycles. The number of nitrogens with one attached hydrogen (secondary N) is 1. The summed E-state index contributed by atoms with van der Waals surface area (Å²) in [4.78, 5) is 37.4. The van der Waals surface area contributed by atoms with E-state index in [0.717, 1.165) is 0 Å². The third-order valence-corrected chi connectivity index (χ3v) is 4.89. The van der Waals surface area contributed by atoms with Crippen LogP contribution in [0, 0.1) is 0 Å². The Labute approximate surface area is 173 Å². The number of carbonyl (C=O) groups is 3. The maximum atomic E-state index is 12.6. The normalized spacial score (nSPS) is 10.4. The molecule has 0 saturated heterocycles. The van der Waals surface area contributed by atoms with Gasteiger partial charge in [-0.1, -0.05) is 29.3 Å². The predicted molar refractivity (Wildman–Crippen MR) is 111 cm³/mol. The van der Waals surface area contributed by atoms with Crippen LogP contribution in [0.1, 0.15) is 29.3 Å². The predicted octanol–water partition coefficient (Wildman–Crippen LogP) is 3.51. The maximum Gasteiger partial charge on any atom is 0.248 e. The van der Waals surface area contributed by atoms with E-state index in [1.165, 1.54) is 12.1 Å². The van der Waals surface area contributed by atoms with Gasteiger partial charge in [-0.25, -0.2) is 0 Å². The lowest BCUT2D eigenvalue weighted by atomic mass is 10.1. The minimum atomic E-state index is -0.534. The summed E-state index contributed by atoms with van der Waals surface area (Å²) < 4.78 is 0. The summed E-state index contributed by atoms with van der Waals surface area (Å²) in [5.74, 6) is -0.932. The number of anilines is 1. The highest BCUT2D eigenvalue weighted by atomic mass is 35.5. The summed E-state index contributed by atoms with van der Waals surface area (Å²) in [5.41, 5.74) is 6.67. The molecule has 0 saturated carbocycles. The fraction of sp³-hybridized carbons (Fsp3) is 0.250. The summed E-state index contributed by atoms with van der Waals surface area (Å²) in [6.07, 6.45) is 0.204. The topological polar surface area (TPSA) is 92.5 Å². The van der Waals surface area contributed by atoms with Crippen molar-refractivity contribution in [2.45, 2.75) is 19.8 Å². The summed E-state index contributed by atoms with van der Waals surface area (Å²) in [6, 6.07) is 11.4. The molecule has 6 nitrogen and oxygen atoms in total. The van der Waals surface area contributed by atoms with Crippen molar-refractivity contribution >= 4 is 46.6 Å². The number of hydrogen-bond donors (Lipinski definition) is 2. The first-order valence-corrected chi connectivity index (χ1v) is 9.47. The van der Waals surface area contributed by atoms with Crippen molar-refractivity contribution in [3.63, 3.8) is 0 Å². The van der Waals surface area contributed by atoms with Gasteiger partial charge in [-0.05, 0) is 48.9 Å². The van der Waals surface area contributed by atoms with Crippen molar-refractivity contribution in [2.24, 2.45) is 5.73 Å². The molecule has 0 fully saturated rings. The van der Waals surface area contributed by atoms with Gasteiger partial charge in [-0.2, -0.15) is 0 Å². The fourth-order valence-electron chi connectivity index (χ4n) is 2.60. The number of halogens is 2. The summed E-state index contributed by atoms with van der Waals surface area (Å²) in [7, 11) is 0. The molecule has 8 heteroatoms. The molecule has 3 N–H and O–H groups in total. The molecule has 0 unspecified atom stereocenters. The lowest BCUT2D eigenvalue weighted by molar-refractivity contribution is -0.130. The standard InChI is InChI=1S/C20H21Cl2N3O3/c1-2-25(19(27)12-15-16(21)4-3-5-17(15)22)11-10-18(26)24-14-8-6-13(7-9-14)20(23)28/h3-9H,2,10-12H2,1H3,(H2,23,28)(H,24,26). The molecule has 0 spiro atoms. The highest BCUT2D eigenvalue weighted by Crippen LogP contribution is 2.25. The van der Waals surface area contributed by atoms with Crippen LogP contribution in [-0.2, 0) is 16.0 Å². The van der Waals surface area contributed by atoms with E-state index in [9.17, 15) is 14.4 Å². The lowest BCUT2D eigenvalue weighted by Crippen LogP contribution is -2.34. The Bertz CT molecular complexity index is 849. The fourth-order valence-corrected chi connectivity index (χ4v) is 3.13. The minimum absolute atomic E-state index is 0.0720. The first kappa shape index (κ1) is 21.7. The van der Waals surface area contributed by atoms with Crippen LogP contribution in [0.2, 0.25) is 10.0 Å². The van der Waals surface area contributed by atoms with Gasteiger partial charge in [0.1, 0.15) is 0 Å². The summed E-state index contributed by atoms with van der Waals surface area (Å²) >= 11 is 12.2. The molecule has 148 valence electrons. The molecule has 0 aliphatic heterocycles. The average Bonchev–Trinajstić information content (AvgIpc) is 2.65. The van der Waals surface area contributed by atoms with Crippen LogP contribution in [0.25, 0.3) is 0 Å². The molecule has 28 heavy (non-hydrogen) atoms. The van der Waals surface area contributed by atoms with E-state index in [-0.39, 0.29) is 31.2 Å². The quantitative estimate of drug-likeness (QED) is 0.682. The van der Waals surface area contributed by atoms with Gasteiger partial charge in [0.15, 0.2) is 0 Å². The van der Waals surface area contributed by atoms with Crippen LogP contribution >= 0.6 is 23.2 Å². The number of rotatable bonds is 8. The van der Waals surface area contributed by atoms with Gasteiger partial charge in [0.05, 0.1) is 6.42 Å². The molecule has 0 radical (unpaired) electrons. The highest BCUT2D eigenvalue weighted by molar-refractivity contribution is 6.36. The molecule has 2 aromatic rings. The number of nitrogens with zero attached hydrogens (tertiary/aromatic N) is 1. The zero-order valence-electron chi connectivity index (χ0n) is 15.4. The Morgan fingerprint density at radius 3 is 2.18 bits per heavy atom. The third kappa shape index (κ3) is 5.97. The molecule has 0 bridgehead atoms. The lowest BCUT2D eigenvalue weighted by Gasteiger charge is -2.21. The van der Waals surface area contributed by atoms with Crippen molar-refractivity contribution in [1.82, 2.24) is 4.90 Å². The number of benzene rings is 2. The van der Waals surface area contributed by atoms with Crippen molar-refractivity contribution < 1.29 is 14.4 Å². The first-order valence-electron chi connectivity index (χ1n) is 8.72. The Morgan fingerprint density at radius 2 is 1.64 bits per heavy atom. The zero-order valence-corrected chi connectivity index (χ0v) is 16.9. The molecule has 0 aliphatic carbocycles. The number of nitrogens with two attached hydrogens (primary N) is 1. The monoisotopic (exact) mass is 421 g/mol. The van der Waals surface area contributed by atoms with Gasteiger partial charge >= 0.3 is 0 Å². The Balaban J connectivity index is 1.90.